The highest BCUT2D eigenvalue weighted by Crippen LogP contribution is 2.43. The molecule has 0 fully saturated rings. The monoisotopic (exact) mass is 682 g/mol. The van der Waals surface area contributed by atoms with Gasteiger partial charge in [0.15, 0.2) is 17.5 Å². The highest BCUT2D eigenvalue weighted by atomic mass is 32.2. The molecule has 14 heteroatoms. The molecule has 5 rings (SSSR count). The number of hydrogen-bond donors (Lipinski definition) is 1. The Bertz CT molecular complexity index is 1780. The van der Waals surface area contributed by atoms with Crippen molar-refractivity contribution in [3.63, 3.8) is 0 Å². The predicted octanol–water partition coefficient (Wildman–Crippen LogP) is 5.51. The van der Waals surface area contributed by atoms with Gasteiger partial charge < -0.3 is 14.2 Å². The van der Waals surface area contributed by atoms with Crippen LogP contribution in [0.2, 0.25) is 25.7 Å². The van der Waals surface area contributed by atoms with Gasteiger partial charge in [-0.15, -0.1) is 10.2 Å². The Labute approximate surface area is 277 Å². The topological polar surface area (TPSA) is 130 Å². The van der Waals surface area contributed by atoms with Gasteiger partial charge in [0.05, 0.1) is 11.7 Å². The van der Waals surface area contributed by atoms with Crippen molar-refractivity contribution in [3.05, 3.63) is 84.0 Å². The third-order valence-electron chi connectivity index (χ3n) is 7.96. The molecule has 0 saturated heterocycles. The third-order valence-corrected chi connectivity index (χ3v) is 11.6. The molecule has 0 aliphatic carbocycles. The fraction of sp³-hybridized carbons (Fsp3) is 0.455. The van der Waals surface area contributed by atoms with Gasteiger partial charge in [-0.3, -0.25) is 4.57 Å². The van der Waals surface area contributed by atoms with E-state index in [1.807, 2.05) is 49.6 Å². The molecule has 0 amide bonds. The highest BCUT2D eigenvalue weighted by molar-refractivity contribution is 7.90. The standard InChI is InChI=1S/C33H43FN6O5SSi/c1-22(2)45-33(31-35-18-23(3)19-36-31,24(4)46(41,42)37-16-17-47(5,6)7)32-39-38-30-28-10-8-9-11-29(28)44-21-26(40(30)32)20-43-27-14-12-25(34)13-15-27/h8-15,18-19,22,24,26,37H,16-17,20-21H2,1-7H3/t24?,26-,33?/m0/s1. The second-order valence-electron chi connectivity index (χ2n) is 13.3. The highest BCUT2D eigenvalue weighted by Gasteiger charge is 2.55. The summed E-state index contributed by atoms with van der Waals surface area (Å²) in [6.07, 6.45) is 2.79. The number of aromatic nitrogens is 5. The summed E-state index contributed by atoms with van der Waals surface area (Å²) in [5, 5.41) is 8.07. The van der Waals surface area contributed by atoms with E-state index in [9.17, 15) is 12.8 Å². The van der Waals surface area contributed by atoms with E-state index in [1.54, 1.807) is 31.5 Å². The Morgan fingerprint density at radius 3 is 2.40 bits per heavy atom. The van der Waals surface area contributed by atoms with Gasteiger partial charge in [0.2, 0.25) is 15.6 Å². The number of nitrogens with one attached hydrogen (secondary N) is 1. The Hall–Kier alpha value is -3.72. The SMILES string of the molecule is Cc1cnc(C(OC(C)C)(c2nnc3n2[C@@H](COc2ccc(F)cc2)COc2ccccc2-3)C(C)S(=O)(=O)NCC[Si](C)(C)C)nc1. The van der Waals surface area contributed by atoms with Crippen molar-refractivity contribution in [3.8, 4) is 22.9 Å². The number of ether oxygens (including phenoxy) is 3. The van der Waals surface area contributed by atoms with Gasteiger partial charge in [0.1, 0.15) is 41.8 Å². The average molecular weight is 683 g/mol. The Balaban J connectivity index is 1.72. The number of fused-ring (bicyclic) bond motifs is 3. The second-order valence-corrected chi connectivity index (χ2v) is 21.0. The smallest absolute Gasteiger partial charge is 0.218 e. The molecule has 1 aliphatic heterocycles. The zero-order valence-electron chi connectivity index (χ0n) is 27.9. The van der Waals surface area contributed by atoms with E-state index in [0.29, 0.717) is 29.4 Å². The van der Waals surface area contributed by atoms with Crippen molar-refractivity contribution in [1.29, 1.82) is 0 Å². The molecule has 4 aromatic rings. The van der Waals surface area contributed by atoms with Crippen LogP contribution in [0.25, 0.3) is 11.4 Å². The summed E-state index contributed by atoms with van der Waals surface area (Å²) in [5.74, 6) is 1.44. The van der Waals surface area contributed by atoms with E-state index in [0.717, 1.165) is 11.6 Å². The molecular formula is C33H43FN6O5SSi. The number of halogens is 1. The van der Waals surface area contributed by atoms with E-state index in [1.165, 1.54) is 12.1 Å². The molecule has 1 aliphatic rings. The first-order valence-corrected chi connectivity index (χ1v) is 21.0. The lowest BCUT2D eigenvalue weighted by molar-refractivity contribution is -0.0714. The van der Waals surface area contributed by atoms with Crippen molar-refractivity contribution in [2.75, 3.05) is 19.8 Å². The molecule has 0 spiro atoms. The summed E-state index contributed by atoms with van der Waals surface area (Å²) in [7, 11) is -5.61. The predicted molar refractivity (Wildman–Crippen MR) is 180 cm³/mol. The normalized spacial score (nSPS) is 16.8. The number of benzene rings is 2. The number of para-hydroxylation sites is 1. The minimum atomic E-state index is -4.06. The van der Waals surface area contributed by atoms with Gasteiger partial charge in [-0.1, -0.05) is 31.8 Å². The Morgan fingerprint density at radius 2 is 1.74 bits per heavy atom. The van der Waals surface area contributed by atoms with Crippen LogP contribution in [0.5, 0.6) is 11.5 Å². The molecule has 0 radical (unpaired) electrons. The zero-order valence-corrected chi connectivity index (χ0v) is 29.7. The van der Waals surface area contributed by atoms with Crippen molar-refractivity contribution < 1.29 is 27.0 Å². The van der Waals surface area contributed by atoms with Crippen LogP contribution in [0.3, 0.4) is 0 Å². The number of rotatable bonds is 13. The average Bonchev–Trinajstić information content (AvgIpc) is 3.39. The maximum atomic E-state index is 14.3. The number of hydrogen-bond acceptors (Lipinski definition) is 9. The maximum absolute atomic E-state index is 14.3. The molecule has 252 valence electrons. The van der Waals surface area contributed by atoms with Crippen LogP contribution >= 0.6 is 0 Å². The lowest BCUT2D eigenvalue weighted by atomic mass is 9.95. The van der Waals surface area contributed by atoms with E-state index in [-0.39, 0.29) is 30.7 Å². The molecule has 2 aromatic heterocycles. The molecule has 3 heterocycles. The lowest BCUT2D eigenvalue weighted by Crippen LogP contribution is -2.53. The summed E-state index contributed by atoms with van der Waals surface area (Å²) in [6, 6.07) is 13.4. The molecule has 0 bridgehead atoms. The molecule has 3 atom stereocenters. The van der Waals surface area contributed by atoms with Crippen LogP contribution in [0.1, 0.15) is 44.0 Å². The summed E-state index contributed by atoms with van der Waals surface area (Å²) in [5.41, 5.74) is -0.350. The minimum Gasteiger partial charge on any atom is -0.491 e. The molecule has 11 nitrogen and oxygen atoms in total. The lowest BCUT2D eigenvalue weighted by Gasteiger charge is -2.38. The van der Waals surface area contributed by atoms with Crippen LogP contribution in [0, 0.1) is 12.7 Å². The first-order valence-electron chi connectivity index (χ1n) is 15.7. The molecule has 2 aromatic carbocycles. The van der Waals surface area contributed by atoms with Crippen LogP contribution < -0.4 is 14.2 Å². The van der Waals surface area contributed by atoms with Crippen LogP contribution in [-0.2, 0) is 20.4 Å². The van der Waals surface area contributed by atoms with E-state index < -0.39 is 41.1 Å². The summed E-state index contributed by atoms with van der Waals surface area (Å²) in [4.78, 5) is 9.31. The summed E-state index contributed by atoms with van der Waals surface area (Å²) < 4.78 is 66.0. The van der Waals surface area contributed by atoms with Gasteiger partial charge in [0, 0.05) is 27.0 Å². The van der Waals surface area contributed by atoms with Crippen molar-refractivity contribution in [1.82, 2.24) is 29.5 Å². The van der Waals surface area contributed by atoms with Gasteiger partial charge in [-0.2, -0.15) is 0 Å². The van der Waals surface area contributed by atoms with Gasteiger partial charge in [0.25, 0.3) is 0 Å². The van der Waals surface area contributed by atoms with Gasteiger partial charge in [-0.25, -0.2) is 27.5 Å². The van der Waals surface area contributed by atoms with Crippen molar-refractivity contribution in [2.24, 2.45) is 0 Å². The first kappa shape index (κ1) is 34.6. The Morgan fingerprint density at radius 1 is 1.06 bits per heavy atom. The second kappa shape index (κ2) is 13.8. The number of nitrogens with zero attached hydrogens (tertiary/aromatic N) is 5. The first-order chi connectivity index (χ1) is 22.2. The van der Waals surface area contributed by atoms with E-state index in [4.69, 9.17) is 19.3 Å². The molecule has 2 unspecified atom stereocenters. The van der Waals surface area contributed by atoms with Crippen LogP contribution in [-0.4, -0.2) is 72.3 Å². The fourth-order valence-electron chi connectivity index (χ4n) is 5.49. The molecule has 1 N–H and O–H groups in total. The van der Waals surface area contributed by atoms with Crippen molar-refractivity contribution >= 4 is 18.1 Å². The summed E-state index contributed by atoms with van der Waals surface area (Å²) in [6.45, 7) is 14.2. The largest absolute Gasteiger partial charge is 0.491 e. The van der Waals surface area contributed by atoms with Gasteiger partial charge >= 0.3 is 0 Å². The van der Waals surface area contributed by atoms with Crippen LogP contribution in [0.15, 0.2) is 60.9 Å². The third kappa shape index (κ3) is 7.56. The van der Waals surface area contributed by atoms with Crippen LogP contribution in [0.4, 0.5) is 4.39 Å². The van der Waals surface area contributed by atoms with E-state index >= 15 is 0 Å². The quantitative estimate of drug-likeness (QED) is 0.182. The minimum absolute atomic E-state index is 0.0692. The molecular weight excluding hydrogens is 640 g/mol. The summed E-state index contributed by atoms with van der Waals surface area (Å²) >= 11 is 0. The maximum Gasteiger partial charge on any atom is 0.218 e. The number of aryl methyl sites for hydroxylation is 1. The Kier molecular flexibility index (Phi) is 10.2. The van der Waals surface area contributed by atoms with Gasteiger partial charge in [-0.05, 0) is 75.7 Å². The fourth-order valence-corrected chi connectivity index (χ4v) is 7.89. The zero-order chi connectivity index (χ0) is 34.0. The molecule has 47 heavy (non-hydrogen) atoms. The molecule has 0 saturated carbocycles. The van der Waals surface area contributed by atoms with Crippen molar-refractivity contribution in [2.45, 2.75) is 76.4 Å². The number of sulfonamides is 1. The van der Waals surface area contributed by atoms with E-state index in [2.05, 4.69) is 39.4 Å².